The Bertz CT molecular complexity index is 2260. The predicted octanol–water partition coefficient (Wildman–Crippen LogP) is 8.40. The molecule has 0 aliphatic carbocycles. The first-order valence-electron chi connectivity index (χ1n) is 14.8. The van der Waals surface area contributed by atoms with Crippen molar-refractivity contribution in [1.29, 1.82) is 0 Å². The van der Waals surface area contributed by atoms with Gasteiger partial charge < -0.3 is 9.73 Å². The minimum atomic E-state index is -3.73. The highest BCUT2D eigenvalue weighted by molar-refractivity contribution is 7.89. The van der Waals surface area contributed by atoms with Crippen molar-refractivity contribution < 1.29 is 22.4 Å². The third-order valence-electron chi connectivity index (χ3n) is 8.43. The third kappa shape index (κ3) is 5.63. The summed E-state index contributed by atoms with van der Waals surface area (Å²) in [5.74, 6) is -0.0163. The molecule has 1 amide bonds. The molecule has 2 heterocycles. The van der Waals surface area contributed by atoms with Gasteiger partial charge in [-0.05, 0) is 53.8 Å². The van der Waals surface area contributed by atoms with Crippen LogP contribution < -0.4 is 5.32 Å². The van der Waals surface area contributed by atoms with Crippen molar-refractivity contribution in [2.24, 2.45) is 0 Å². The predicted molar refractivity (Wildman–Crippen MR) is 184 cm³/mol. The minimum Gasteiger partial charge on any atom is -0.454 e. The first-order valence-corrected chi connectivity index (χ1v) is 17.0. The summed E-state index contributed by atoms with van der Waals surface area (Å²) in [6.45, 7) is 6.00. The Hall–Kier alpha value is -4.66. The maximum atomic E-state index is 13.7. The van der Waals surface area contributed by atoms with E-state index < -0.39 is 15.4 Å². The molecule has 6 rings (SSSR count). The van der Waals surface area contributed by atoms with Crippen LogP contribution in [0.5, 0.6) is 0 Å². The maximum Gasteiger partial charge on any atom is 0.255 e. The Labute approximate surface area is 272 Å². The van der Waals surface area contributed by atoms with Crippen molar-refractivity contribution in [1.82, 2.24) is 9.29 Å². The molecular weight excluding hydrogens is 620 g/mol. The summed E-state index contributed by atoms with van der Waals surface area (Å²) in [6, 6.07) is 25.8. The summed E-state index contributed by atoms with van der Waals surface area (Å²) in [6.07, 6.45) is 2.87. The quantitative estimate of drug-likeness (QED) is 0.167. The van der Waals surface area contributed by atoms with Gasteiger partial charge in [0, 0.05) is 52.2 Å². The largest absolute Gasteiger partial charge is 0.454 e. The van der Waals surface area contributed by atoms with Crippen molar-refractivity contribution >= 4 is 55.2 Å². The average Bonchev–Trinajstić information content (AvgIpc) is 3.63. The fourth-order valence-corrected chi connectivity index (χ4v) is 6.91. The van der Waals surface area contributed by atoms with Gasteiger partial charge in [-0.2, -0.15) is 0 Å². The molecular formula is C37H33ClN2O5S. The molecule has 7 nitrogen and oxygen atoms in total. The highest BCUT2D eigenvalue weighted by atomic mass is 35.5. The van der Waals surface area contributed by atoms with Gasteiger partial charge in [-0.3, -0.25) is 9.59 Å². The van der Waals surface area contributed by atoms with Crippen LogP contribution in [0.15, 0.2) is 95.5 Å². The fourth-order valence-electron chi connectivity index (χ4n) is 5.98. The number of nitrogens with one attached hydrogen (secondary N) is 1. The number of hydrogen-bond acceptors (Lipinski definition) is 5. The maximum absolute atomic E-state index is 13.7. The van der Waals surface area contributed by atoms with Crippen LogP contribution >= 0.6 is 11.6 Å². The summed E-state index contributed by atoms with van der Waals surface area (Å²) < 4.78 is 33.6. The Balaban J connectivity index is 1.56. The molecule has 234 valence electrons. The molecule has 1 N–H and O–H groups in total. The molecule has 0 atom stereocenters. The molecule has 0 bridgehead atoms. The number of hydrogen-bond donors (Lipinski definition) is 1. The lowest BCUT2D eigenvalue weighted by atomic mass is 9.79. The van der Waals surface area contributed by atoms with Crippen LogP contribution in [0.25, 0.3) is 44.3 Å². The normalized spacial score (nSPS) is 12.1. The summed E-state index contributed by atoms with van der Waals surface area (Å²) in [7, 11) is -2.18. The van der Waals surface area contributed by atoms with E-state index in [1.165, 1.54) is 10.2 Å². The molecule has 0 saturated heterocycles. The second-order valence-corrected chi connectivity index (χ2v) is 14.6. The summed E-state index contributed by atoms with van der Waals surface area (Å²) in [5, 5.41) is 4.42. The first kappa shape index (κ1) is 31.3. The number of rotatable bonds is 8. The van der Waals surface area contributed by atoms with Crippen LogP contribution in [-0.4, -0.2) is 37.4 Å². The zero-order valence-electron chi connectivity index (χ0n) is 26.1. The SMILES string of the molecule is CNC(=O)c1c(-c2ccc(C)cc2)oc2c1cc(-c1cccc(C(=O)CC(C)(C)c3ccc(Cl)cc3)c1)c1c2ccn1S(C)(=O)=O. The van der Waals surface area contributed by atoms with Gasteiger partial charge in [0.15, 0.2) is 5.78 Å². The zero-order chi connectivity index (χ0) is 33.0. The van der Waals surface area contributed by atoms with Crippen molar-refractivity contribution in [3.8, 4) is 22.5 Å². The molecule has 0 radical (unpaired) electrons. The number of nitrogens with zero attached hydrogens (tertiary/aromatic N) is 1. The number of carbonyl (C=O) groups excluding carboxylic acids is 2. The molecule has 9 heteroatoms. The van der Waals surface area contributed by atoms with Crippen LogP contribution in [0.1, 0.15) is 52.1 Å². The number of furan rings is 1. The van der Waals surface area contributed by atoms with E-state index in [0.29, 0.717) is 60.5 Å². The van der Waals surface area contributed by atoms with E-state index in [1.807, 2.05) is 75.4 Å². The van der Waals surface area contributed by atoms with E-state index in [0.717, 1.165) is 17.4 Å². The number of aryl methyl sites for hydroxylation is 1. The third-order valence-corrected chi connectivity index (χ3v) is 9.71. The van der Waals surface area contributed by atoms with E-state index in [2.05, 4.69) is 5.32 Å². The van der Waals surface area contributed by atoms with Gasteiger partial charge in [-0.15, -0.1) is 0 Å². The van der Waals surface area contributed by atoms with Gasteiger partial charge in [-0.25, -0.2) is 12.4 Å². The van der Waals surface area contributed by atoms with Gasteiger partial charge in [0.05, 0.1) is 17.3 Å². The van der Waals surface area contributed by atoms with Crippen molar-refractivity contribution in [2.75, 3.05) is 13.3 Å². The van der Waals surface area contributed by atoms with Gasteiger partial charge >= 0.3 is 0 Å². The number of carbonyl (C=O) groups is 2. The molecule has 2 aromatic heterocycles. The van der Waals surface area contributed by atoms with E-state index >= 15 is 0 Å². The van der Waals surface area contributed by atoms with Crippen LogP contribution in [0, 0.1) is 6.92 Å². The Morgan fingerprint density at radius 2 is 1.61 bits per heavy atom. The highest BCUT2D eigenvalue weighted by Gasteiger charge is 2.28. The number of ketones is 1. The number of benzene rings is 4. The van der Waals surface area contributed by atoms with Gasteiger partial charge in [0.2, 0.25) is 10.0 Å². The Morgan fingerprint density at radius 1 is 0.913 bits per heavy atom. The monoisotopic (exact) mass is 652 g/mol. The molecule has 0 fully saturated rings. The summed E-state index contributed by atoms with van der Waals surface area (Å²) in [4.78, 5) is 27.1. The molecule has 0 aliphatic heterocycles. The zero-order valence-corrected chi connectivity index (χ0v) is 27.7. The highest BCUT2D eigenvalue weighted by Crippen LogP contribution is 2.43. The number of aromatic nitrogens is 1. The number of halogens is 1. The van der Waals surface area contributed by atoms with Crippen molar-refractivity contribution in [3.63, 3.8) is 0 Å². The smallest absolute Gasteiger partial charge is 0.255 e. The van der Waals surface area contributed by atoms with Gasteiger partial charge in [-0.1, -0.05) is 85.6 Å². The second kappa shape index (κ2) is 11.6. The van der Waals surface area contributed by atoms with Crippen LogP contribution in [-0.2, 0) is 15.4 Å². The van der Waals surface area contributed by atoms with Gasteiger partial charge in [0.25, 0.3) is 5.91 Å². The molecule has 6 aromatic rings. The van der Waals surface area contributed by atoms with Crippen molar-refractivity contribution in [2.45, 2.75) is 32.6 Å². The van der Waals surface area contributed by atoms with Crippen LogP contribution in [0.2, 0.25) is 5.02 Å². The van der Waals surface area contributed by atoms with E-state index in [9.17, 15) is 18.0 Å². The average molecular weight is 653 g/mol. The van der Waals surface area contributed by atoms with E-state index in [-0.39, 0.29) is 18.1 Å². The molecule has 0 unspecified atom stereocenters. The number of Topliss-reactive ketones (excluding diaryl/α,β-unsaturated/α-hetero) is 1. The fraction of sp³-hybridized carbons (Fsp3) is 0.189. The molecule has 4 aromatic carbocycles. The Morgan fingerprint density at radius 3 is 2.26 bits per heavy atom. The number of fused-ring (bicyclic) bond motifs is 3. The van der Waals surface area contributed by atoms with E-state index in [4.69, 9.17) is 16.0 Å². The lowest BCUT2D eigenvalue weighted by molar-refractivity contribution is 0.0952. The Kier molecular flexibility index (Phi) is 7.90. The summed E-state index contributed by atoms with van der Waals surface area (Å²) in [5.41, 5.74) is 5.11. The first-order chi connectivity index (χ1) is 21.8. The van der Waals surface area contributed by atoms with Gasteiger partial charge in [0.1, 0.15) is 11.3 Å². The molecule has 0 spiro atoms. The minimum absolute atomic E-state index is 0.0614. The molecule has 46 heavy (non-hydrogen) atoms. The molecule has 0 saturated carbocycles. The molecule has 0 aliphatic rings. The van der Waals surface area contributed by atoms with Crippen LogP contribution in [0.4, 0.5) is 0 Å². The van der Waals surface area contributed by atoms with Crippen molar-refractivity contribution in [3.05, 3.63) is 118 Å². The standard InChI is InChI=1S/C37H33ClN2O5S/c1-22-9-11-23(12-10-22)34-32(36(42)39-4)30-20-29(33-28(35(30)45-34)17-18-40(33)46(5,43)44)24-7-6-8-25(19-24)31(41)21-37(2,3)26-13-15-27(38)16-14-26/h6-20H,21H2,1-5H3,(H,39,42). The second-order valence-electron chi connectivity index (χ2n) is 12.3. The number of amides is 1. The lowest BCUT2D eigenvalue weighted by Gasteiger charge is -2.24. The summed E-state index contributed by atoms with van der Waals surface area (Å²) >= 11 is 6.09. The van der Waals surface area contributed by atoms with Crippen LogP contribution in [0.3, 0.4) is 0 Å². The lowest BCUT2D eigenvalue weighted by Crippen LogP contribution is -2.22. The van der Waals surface area contributed by atoms with E-state index in [1.54, 1.807) is 37.4 Å². The topological polar surface area (TPSA) is 98.4 Å².